The average Bonchev–Trinajstić information content (AvgIpc) is 3.03. The van der Waals surface area contributed by atoms with Gasteiger partial charge in [-0.3, -0.25) is 0 Å². The number of aryl methyl sites for hydroxylation is 1. The molecule has 2 rings (SSSR count). The van der Waals surface area contributed by atoms with E-state index in [9.17, 15) is 8.42 Å². The van der Waals surface area contributed by atoms with Crippen LogP contribution >= 0.6 is 11.3 Å². The third kappa shape index (κ3) is 3.45. The number of thiophene rings is 1. The SMILES string of the molecule is CCNCc1sccc1S(=O)(=O)NCc1nccn1C. The molecule has 2 heterocycles. The van der Waals surface area contributed by atoms with Crippen molar-refractivity contribution in [3.05, 3.63) is 34.5 Å². The molecule has 0 bridgehead atoms. The van der Waals surface area contributed by atoms with E-state index in [1.807, 2.05) is 14.0 Å². The minimum atomic E-state index is -3.50. The van der Waals surface area contributed by atoms with Gasteiger partial charge in [-0.25, -0.2) is 18.1 Å². The normalized spacial score (nSPS) is 11.9. The largest absolute Gasteiger partial charge is 0.337 e. The van der Waals surface area contributed by atoms with Crippen LogP contribution in [0.2, 0.25) is 0 Å². The van der Waals surface area contributed by atoms with Crippen LogP contribution < -0.4 is 10.0 Å². The van der Waals surface area contributed by atoms with Crippen LogP contribution in [0.4, 0.5) is 0 Å². The Hall–Kier alpha value is -1.22. The molecule has 2 N–H and O–H groups in total. The summed E-state index contributed by atoms with van der Waals surface area (Å²) in [6.45, 7) is 3.54. The van der Waals surface area contributed by atoms with Crippen LogP contribution in [0.5, 0.6) is 0 Å². The zero-order chi connectivity index (χ0) is 14.6. The highest BCUT2D eigenvalue weighted by Gasteiger charge is 2.19. The van der Waals surface area contributed by atoms with E-state index in [0.717, 1.165) is 11.4 Å². The Morgan fingerprint density at radius 1 is 1.40 bits per heavy atom. The summed E-state index contributed by atoms with van der Waals surface area (Å²) in [5, 5.41) is 4.94. The molecule has 2 aromatic rings. The fraction of sp³-hybridized carbons (Fsp3) is 0.417. The molecule has 8 heteroatoms. The maximum Gasteiger partial charge on any atom is 0.242 e. The summed E-state index contributed by atoms with van der Waals surface area (Å²) in [6.07, 6.45) is 3.43. The van der Waals surface area contributed by atoms with Crippen molar-refractivity contribution in [2.75, 3.05) is 6.54 Å². The lowest BCUT2D eigenvalue weighted by atomic mass is 10.4. The Labute approximate surface area is 122 Å². The second kappa shape index (κ2) is 6.49. The summed E-state index contributed by atoms with van der Waals surface area (Å²) in [7, 11) is -1.67. The van der Waals surface area contributed by atoms with Crippen molar-refractivity contribution in [3.8, 4) is 0 Å². The van der Waals surface area contributed by atoms with E-state index < -0.39 is 10.0 Å². The molecule has 0 aliphatic heterocycles. The highest BCUT2D eigenvalue weighted by atomic mass is 32.2. The Kier molecular flexibility index (Phi) is 4.92. The van der Waals surface area contributed by atoms with Gasteiger partial charge in [0, 0.05) is 30.9 Å². The zero-order valence-corrected chi connectivity index (χ0v) is 13.1. The predicted molar refractivity (Wildman–Crippen MR) is 78.9 cm³/mol. The van der Waals surface area contributed by atoms with Gasteiger partial charge in [-0.2, -0.15) is 0 Å². The fourth-order valence-electron chi connectivity index (χ4n) is 1.74. The standard InChI is InChI=1S/C12H18N4O2S2/c1-3-13-8-10-11(4-7-19-10)20(17,18)15-9-12-14-5-6-16(12)2/h4-7,13,15H,3,8-9H2,1-2H3. The maximum absolute atomic E-state index is 12.3. The number of nitrogens with one attached hydrogen (secondary N) is 2. The first-order chi connectivity index (χ1) is 9.54. The predicted octanol–water partition coefficient (Wildman–Crippen LogP) is 1.07. The highest BCUT2D eigenvalue weighted by molar-refractivity contribution is 7.89. The molecule has 110 valence electrons. The van der Waals surface area contributed by atoms with Gasteiger partial charge in [0.05, 0.1) is 11.4 Å². The van der Waals surface area contributed by atoms with Gasteiger partial charge in [0.1, 0.15) is 5.82 Å². The molecule has 0 aliphatic rings. The van der Waals surface area contributed by atoms with Crippen molar-refractivity contribution >= 4 is 21.4 Å². The summed E-state index contributed by atoms with van der Waals surface area (Å²) in [4.78, 5) is 5.26. The summed E-state index contributed by atoms with van der Waals surface area (Å²) < 4.78 is 29.0. The van der Waals surface area contributed by atoms with Crippen LogP contribution in [0, 0.1) is 0 Å². The second-order valence-corrected chi connectivity index (χ2v) is 7.00. The topological polar surface area (TPSA) is 76.0 Å². The summed E-state index contributed by atoms with van der Waals surface area (Å²) in [6, 6.07) is 1.64. The Bertz CT molecular complexity index is 661. The number of hydrogen-bond acceptors (Lipinski definition) is 5. The first-order valence-corrected chi connectivity index (χ1v) is 8.64. The van der Waals surface area contributed by atoms with Crippen LogP contribution in [0.25, 0.3) is 0 Å². The van der Waals surface area contributed by atoms with Crippen molar-refractivity contribution in [3.63, 3.8) is 0 Å². The molecular weight excluding hydrogens is 296 g/mol. The number of nitrogens with zero attached hydrogens (tertiary/aromatic N) is 2. The van der Waals surface area contributed by atoms with Gasteiger partial charge >= 0.3 is 0 Å². The molecule has 0 aromatic carbocycles. The Balaban J connectivity index is 2.10. The minimum absolute atomic E-state index is 0.183. The summed E-state index contributed by atoms with van der Waals surface area (Å²) >= 11 is 1.44. The van der Waals surface area contributed by atoms with Crippen molar-refractivity contribution < 1.29 is 8.42 Å². The highest BCUT2D eigenvalue weighted by Crippen LogP contribution is 2.21. The van der Waals surface area contributed by atoms with Gasteiger partial charge in [-0.15, -0.1) is 11.3 Å². The smallest absolute Gasteiger partial charge is 0.242 e. The lowest BCUT2D eigenvalue weighted by Crippen LogP contribution is -2.25. The van der Waals surface area contributed by atoms with Crippen LogP contribution in [0.15, 0.2) is 28.7 Å². The molecule has 2 aromatic heterocycles. The average molecular weight is 314 g/mol. The third-order valence-corrected chi connectivity index (χ3v) is 5.41. The minimum Gasteiger partial charge on any atom is -0.337 e. The van der Waals surface area contributed by atoms with E-state index in [-0.39, 0.29) is 6.54 Å². The van der Waals surface area contributed by atoms with Gasteiger partial charge < -0.3 is 9.88 Å². The Morgan fingerprint density at radius 3 is 2.85 bits per heavy atom. The third-order valence-electron chi connectivity index (χ3n) is 2.87. The van der Waals surface area contributed by atoms with E-state index in [2.05, 4.69) is 15.0 Å². The number of imidazole rings is 1. The first kappa shape index (κ1) is 15.2. The van der Waals surface area contributed by atoms with Crippen molar-refractivity contribution in [2.45, 2.75) is 24.9 Å². The quantitative estimate of drug-likeness (QED) is 0.801. The van der Waals surface area contributed by atoms with E-state index in [1.54, 1.807) is 28.4 Å². The molecule has 0 amide bonds. The molecule has 0 saturated heterocycles. The molecule has 0 radical (unpaired) electrons. The zero-order valence-electron chi connectivity index (χ0n) is 11.5. The van der Waals surface area contributed by atoms with Gasteiger partial charge in [-0.05, 0) is 18.0 Å². The van der Waals surface area contributed by atoms with Crippen molar-refractivity contribution in [1.82, 2.24) is 19.6 Å². The van der Waals surface area contributed by atoms with E-state index in [4.69, 9.17) is 0 Å². The lowest BCUT2D eigenvalue weighted by Gasteiger charge is -2.08. The monoisotopic (exact) mass is 314 g/mol. The molecule has 0 saturated carbocycles. The maximum atomic E-state index is 12.3. The van der Waals surface area contributed by atoms with Gasteiger partial charge in [-0.1, -0.05) is 6.92 Å². The van der Waals surface area contributed by atoms with Crippen LogP contribution in [0.3, 0.4) is 0 Å². The number of rotatable bonds is 7. The van der Waals surface area contributed by atoms with Crippen molar-refractivity contribution in [2.24, 2.45) is 7.05 Å². The number of hydrogen-bond donors (Lipinski definition) is 2. The van der Waals surface area contributed by atoms with Gasteiger partial charge in [0.15, 0.2) is 0 Å². The number of aromatic nitrogens is 2. The molecule has 6 nitrogen and oxygen atoms in total. The molecular formula is C12H18N4O2S2. The molecule has 0 fully saturated rings. The second-order valence-electron chi connectivity index (χ2n) is 4.27. The van der Waals surface area contributed by atoms with E-state index >= 15 is 0 Å². The van der Waals surface area contributed by atoms with E-state index in [0.29, 0.717) is 17.3 Å². The molecule has 0 atom stereocenters. The summed E-state index contributed by atoms with van der Waals surface area (Å²) in [5.41, 5.74) is 0. The van der Waals surface area contributed by atoms with Gasteiger partial charge in [0.25, 0.3) is 0 Å². The van der Waals surface area contributed by atoms with E-state index in [1.165, 1.54) is 11.3 Å². The fourth-order valence-corrected chi connectivity index (χ4v) is 4.13. The van der Waals surface area contributed by atoms with Crippen LogP contribution in [-0.2, 0) is 30.2 Å². The Morgan fingerprint density at radius 2 is 2.20 bits per heavy atom. The lowest BCUT2D eigenvalue weighted by molar-refractivity contribution is 0.576. The van der Waals surface area contributed by atoms with Crippen LogP contribution in [-0.4, -0.2) is 24.5 Å². The molecule has 0 unspecified atom stereocenters. The molecule has 0 aliphatic carbocycles. The first-order valence-electron chi connectivity index (χ1n) is 6.27. The molecule has 0 spiro atoms. The summed E-state index contributed by atoms with van der Waals surface area (Å²) in [5.74, 6) is 0.678. The number of sulfonamides is 1. The van der Waals surface area contributed by atoms with Crippen molar-refractivity contribution in [1.29, 1.82) is 0 Å². The molecule has 20 heavy (non-hydrogen) atoms. The van der Waals surface area contributed by atoms with Gasteiger partial charge in [0.2, 0.25) is 10.0 Å². The van der Waals surface area contributed by atoms with Crippen LogP contribution in [0.1, 0.15) is 17.6 Å².